The quantitative estimate of drug-likeness (QED) is 0.636. The third-order valence-electron chi connectivity index (χ3n) is 2.79. The highest BCUT2D eigenvalue weighted by Crippen LogP contribution is 2.08. The van der Waals surface area contributed by atoms with Crippen molar-refractivity contribution in [2.75, 3.05) is 19.3 Å². The maximum Gasteiger partial charge on any atom is 0.237 e. The van der Waals surface area contributed by atoms with Gasteiger partial charge in [-0.05, 0) is 33.2 Å². The summed E-state index contributed by atoms with van der Waals surface area (Å²) in [6.45, 7) is 4.62. The zero-order valence-corrected chi connectivity index (χ0v) is 12.1. The van der Waals surface area contributed by atoms with Gasteiger partial charge in [-0.15, -0.1) is 0 Å². The molecule has 3 N–H and O–H groups in total. The first-order valence-electron chi connectivity index (χ1n) is 6.20. The lowest BCUT2D eigenvalue weighted by Gasteiger charge is -2.28. The number of amides is 1. The van der Waals surface area contributed by atoms with E-state index in [0.29, 0.717) is 0 Å². The molecule has 0 aromatic heterocycles. The van der Waals surface area contributed by atoms with Gasteiger partial charge in [0.15, 0.2) is 0 Å². The number of hydrogen-bond donors (Lipinski definition) is 3. The molecule has 0 bridgehead atoms. The Morgan fingerprint density at radius 1 is 1.39 bits per heavy atom. The Balaban J connectivity index is 2.41. The third-order valence-corrected chi connectivity index (χ3v) is 3.72. The fourth-order valence-corrected chi connectivity index (χ4v) is 3.12. The zero-order chi connectivity index (χ0) is 13.8. The van der Waals surface area contributed by atoms with Gasteiger partial charge in [-0.1, -0.05) is 6.42 Å². The van der Waals surface area contributed by atoms with Crippen molar-refractivity contribution >= 4 is 15.9 Å². The number of sulfonamides is 1. The van der Waals surface area contributed by atoms with Gasteiger partial charge in [0.2, 0.25) is 15.9 Å². The van der Waals surface area contributed by atoms with Gasteiger partial charge in [-0.3, -0.25) is 4.79 Å². The van der Waals surface area contributed by atoms with E-state index in [0.717, 1.165) is 32.1 Å². The molecule has 0 aromatic carbocycles. The number of carbonyl (C=O) groups excluding carboxylic acids is 1. The monoisotopic (exact) mass is 277 g/mol. The number of nitrogens with one attached hydrogen (secondary N) is 3. The molecule has 1 saturated heterocycles. The van der Waals surface area contributed by atoms with E-state index in [1.807, 2.05) is 0 Å². The average Bonchev–Trinajstić information content (AvgIpc) is 2.24. The van der Waals surface area contributed by atoms with Crippen LogP contribution in [0, 0.1) is 0 Å². The molecule has 1 amide bonds. The average molecular weight is 277 g/mol. The predicted molar refractivity (Wildman–Crippen MR) is 70.7 cm³/mol. The van der Waals surface area contributed by atoms with E-state index in [2.05, 4.69) is 15.4 Å². The minimum atomic E-state index is -3.27. The predicted octanol–water partition coefficient (Wildman–Crippen LogP) is -0.427. The summed E-state index contributed by atoms with van der Waals surface area (Å²) in [5.41, 5.74) is -0.683. The van der Waals surface area contributed by atoms with Crippen molar-refractivity contribution in [1.29, 1.82) is 0 Å². The maximum absolute atomic E-state index is 11.9. The lowest BCUT2D eigenvalue weighted by Crippen LogP contribution is -2.54. The Hall–Kier alpha value is -0.660. The molecule has 0 aliphatic carbocycles. The molecule has 1 aliphatic heterocycles. The molecule has 0 radical (unpaired) electrons. The fraction of sp³-hybridized carbons (Fsp3) is 0.909. The summed E-state index contributed by atoms with van der Waals surface area (Å²) in [5.74, 6) is -0.0573. The van der Waals surface area contributed by atoms with Crippen molar-refractivity contribution in [2.45, 2.75) is 44.7 Å². The lowest BCUT2D eigenvalue weighted by atomic mass is 10.0. The van der Waals surface area contributed by atoms with Crippen LogP contribution in [-0.4, -0.2) is 45.3 Å². The molecule has 1 unspecified atom stereocenters. The molecule has 7 heteroatoms. The molecule has 1 rings (SSSR count). The molecule has 0 aromatic rings. The van der Waals surface area contributed by atoms with E-state index >= 15 is 0 Å². The molecule has 0 spiro atoms. The summed E-state index contributed by atoms with van der Waals surface area (Å²) in [5, 5.41) is 5.94. The summed E-state index contributed by atoms with van der Waals surface area (Å²) in [6, 6.07) is -0.146. The Bertz CT molecular complexity index is 386. The second-order valence-corrected chi connectivity index (χ2v) is 7.23. The number of piperidine rings is 1. The number of rotatable bonds is 5. The number of hydrogen-bond acceptors (Lipinski definition) is 4. The molecule has 0 saturated carbocycles. The van der Waals surface area contributed by atoms with Crippen LogP contribution in [0.1, 0.15) is 33.1 Å². The Morgan fingerprint density at radius 3 is 2.56 bits per heavy atom. The van der Waals surface area contributed by atoms with Gasteiger partial charge in [0.05, 0.1) is 12.3 Å². The molecule has 106 valence electrons. The van der Waals surface area contributed by atoms with Gasteiger partial charge in [0.25, 0.3) is 0 Å². The second-order valence-electron chi connectivity index (χ2n) is 5.48. The first kappa shape index (κ1) is 15.4. The lowest BCUT2D eigenvalue weighted by molar-refractivity contribution is -0.123. The van der Waals surface area contributed by atoms with Gasteiger partial charge in [-0.2, -0.15) is 0 Å². The Kier molecular flexibility index (Phi) is 5.12. The van der Waals surface area contributed by atoms with Gasteiger partial charge in [0, 0.05) is 12.1 Å². The van der Waals surface area contributed by atoms with E-state index in [4.69, 9.17) is 0 Å². The molecule has 1 atom stereocenters. The molecular weight excluding hydrogens is 254 g/mol. The van der Waals surface area contributed by atoms with Crippen molar-refractivity contribution in [3.63, 3.8) is 0 Å². The Morgan fingerprint density at radius 2 is 2.06 bits per heavy atom. The summed E-state index contributed by atoms with van der Waals surface area (Å²) in [7, 11) is -3.27. The van der Waals surface area contributed by atoms with Crippen molar-refractivity contribution < 1.29 is 13.2 Å². The molecule has 1 heterocycles. The summed E-state index contributed by atoms with van der Waals surface area (Å²) in [6.07, 6.45) is 4.10. The van der Waals surface area contributed by atoms with E-state index in [-0.39, 0.29) is 18.5 Å². The minimum Gasteiger partial charge on any atom is -0.353 e. The minimum absolute atomic E-state index is 0.0573. The Labute approximate surface area is 109 Å². The van der Waals surface area contributed by atoms with Gasteiger partial charge >= 0.3 is 0 Å². The maximum atomic E-state index is 11.9. The molecule has 18 heavy (non-hydrogen) atoms. The molecule has 6 nitrogen and oxygen atoms in total. The van der Waals surface area contributed by atoms with Crippen molar-refractivity contribution in [1.82, 2.24) is 15.4 Å². The van der Waals surface area contributed by atoms with E-state index < -0.39 is 15.6 Å². The highest BCUT2D eigenvalue weighted by atomic mass is 32.2. The van der Waals surface area contributed by atoms with Crippen LogP contribution in [0.25, 0.3) is 0 Å². The van der Waals surface area contributed by atoms with E-state index in [1.165, 1.54) is 0 Å². The first-order valence-corrected chi connectivity index (χ1v) is 8.09. The molecule has 1 aliphatic rings. The van der Waals surface area contributed by atoms with Crippen LogP contribution in [-0.2, 0) is 14.8 Å². The van der Waals surface area contributed by atoms with Gasteiger partial charge in [-0.25, -0.2) is 13.1 Å². The zero-order valence-electron chi connectivity index (χ0n) is 11.2. The summed E-state index contributed by atoms with van der Waals surface area (Å²) >= 11 is 0. The van der Waals surface area contributed by atoms with Crippen molar-refractivity contribution in [3.8, 4) is 0 Å². The van der Waals surface area contributed by atoms with Crippen molar-refractivity contribution in [3.05, 3.63) is 0 Å². The van der Waals surface area contributed by atoms with Crippen LogP contribution < -0.4 is 15.4 Å². The summed E-state index contributed by atoms with van der Waals surface area (Å²) < 4.78 is 24.8. The fourth-order valence-electron chi connectivity index (χ4n) is 2.04. The van der Waals surface area contributed by atoms with E-state index in [1.54, 1.807) is 13.8 Å². The van der Waals surface area contributed by atoms with Crippen LogP contribution in [0.2, 0.25) is 0 Å². The standard InChI is InChI=1S/C11H23N3O3S/c1-11(2,14-18(3,16)17)8-13-10(15)9-6-4-5-7-12-9/h9,12,14H,4-8H2,1-3H3,(H,13,15). The van der Waals surface area contributed by atoms with Gasteiger partial charge in [0.1, 0.15) is 0 Å². The normalized spacial score (nSPS) is 21.6. The highest BCUT2D eigenvalue weighted by Gasteiger charge is 2.25. The number of carbonyl (C=O) groups is 1. The first-order chi connectivity index (χ1) is 8.20. The van der Waals surface area contributed by atoms with E-state index in [9.17, 15) is 13.2 Å². The third kappa shape index (κ3) is 5.79. The largest absolute Gasteiger partial charge is 0.353 e. The second kappa shape index (κ2) is 5.99. The van der Waals surface area contributed by atoms with Crippen LogP contribution in [0.5, 0.6) is 0 Å². The van der Waals surface area contributed by atoms with Crippen LogP contribution >= 0.6 is 0 Å². The van der Waals surface area contributed by atoms with Crippen LogP contribution in [0.15, 0.2) is 0 Å². The highest BCUT2D eigenvalue weighted by molar-refractivity contribution is 7.88. The topological polar surface area (TPSA) is 87.3 Å². The van der Waals surface area contributed by atoms with Crippen LogP contribution in [0.4, 0.5) is 0 Å². The summed E-state index contributed by atoms with van der Waals surface area (Å²) in [4.78, 5) is 11.9. The SMILES string of the molecule is CC(C)(CNC(=O)C1CCCCN1)NS(C)(=O)=O. The van der Waals surface area contributed by atoms with Crippen LogP contribution in [0.3, 0.4) is 0 Å². The van der Waals surface area contributed by atoms with Crippen molar-refractivity contribution in [2.24, 2.45) is 0 Å². The molecule has 1 fully saturated rings. The van der Waals surface area contributed by atoms with Gasteiger partial charge < -0.3 is 10.6 Å². The smallest absolute Gasteiger partial charge is 0.237 e. The molecular formula is C11H23N3O3S.